The van der Waals surface area contributed by atoms with Crippen LogP contribution in [-0.4, -0.2) is 35.4 Å². The second kappa shape index (κ2) is 8.24. The summed E-state index contributed by atoms with van der Waals surface area (Å²) >= 11 is 0. The topological polar surface area (TPSA) is 82.2 Å². The number of likely N-dealkylation sites (tertiary alicyclic amines) is 1. The van der Waals surface area contributed by atoms with E-state index >= 15 is 0 Å². The SMILES string of the molecule is N#Cc1ccc(NC(=O)CCN2CCC(c3nc4ccccc4o3)CC2)cc1. The molecule has 1 N–H and O–H groups in total. The Balaban J connectivity index is 1.24. The molecule has 1 saturated heterocycles. The number of nitriles is 1. The van der Waals surface area contributed by atoms with Crippen LogP contribution in [0.4, 0.5) is 5.69 Å². The van der Waals surface area contributed by atoms with Gasteiger partial charge in [0.05, 0.1) is 11.6 Å². The van der Waals surface area contributed by atoms with Gasteiger partial charge in [-0.15, -0.1) is 0 Å². The van der Waals surface area contributed by atoms with Crippen LogP contribution in [0.3, 0.4) is 0 Å². The van der Waals surface area contributed by atoms with E-state index in [-0.39, 0.29) is 5.91 Å². The van der Waals surface area contributed by atoms with Gasteiger partial charge in [-0.2, -0.15) is 5.26 Å². The van der Waals surface area contributed by atoms with Crippen LogP contribution in [0.5, 0.6) is 0 Å². The number of aromatic nitrogens is 1. The van der Waals surface area contributed by atoms with Gasteiger partial charge in [0.2, 0.25) is 5.91 Å². The maximum atomic E-state index is 12.2. The van der Waals surface area contributed by atoms with Crippen molar-refractivity contribution < 1.29 is 9.21 Å². The molecular formula is C22H22N4O2. The number of amides is 1. The van der Waals surface area contributed by atoms with Gasteiger partial charge in [-0.3, -0.25) is 4.79 Å². The average Bonchev–Trinajstić information content (AvgIpc) is 3.17. The highest BCUT2D eigenvalue weighted by Crippen LogP contribution is 2.29. The molecule has 0 unspecified atom stereocenters. The summed E-state index contributed by atoms with van der Waals surface area (Å²) < 4.78 is 5.91. The molecule has 3 aromatic rings. The lowest BCUT2D eigenvalue weighted by molar-refractivity contribution is -0.116. The summed E-state index contributed by atoms with van der Waals surface area (Å²) in [6, 6.07) is 16.8. The van der Waals surface area contributed by atoms with Crippen molar-refractivity contribution in [2.45, 2.75) is 25.2 Å². The third-order valence-electron chi connectivity index (χ3n) is 5.20. The van der Waals surface area contributed by atoms with E-state index in [9.17, 15) is 4.79 Å². The summed E-state index contributed by atoms with van der Waals surface area (Å²) in [6.45, 7) is 2.61. The van der Waals surface area contributed by atoms with Gasteiger partial charge in [0.1, 0.15) is 5.52 Å². The Morgan fingerprint density at radius 2 is 1.93 bits per heavy atom. The van der Waals surface area contributed by atoms with E-state index in [1.165, 1.54) is 0 Å². The summed E-state index contributed by atoms with van der Waals surface area (Å²) in [5.74, 6) is 1.17. The number of rotatable bonds is 5. The predicted octanol–water partition coefficient (Wildman–Crippen LogP) is 3.91. The number of nitrogens with one attached hydrogen (secondary N) is 1. The first-order valence-electron chi connectivity index (χ1n) is 9.59. The number of oxazole rings is 1. The maximum absolute atomic E-state index is 12.2. The zero-order chi connectivity index (χ0) is 19.3. The Morgan fingerprint density at radius 3 is 2.64 bits per heavy atom. The molecule has 28 heavy (non-hydrogen) atoms. The molecular weight excluding hydrogens is 352 g/mol. The van der Waals surface area contributed by atoms with Crippen molar-refractivity contribution in [3.63, 3.8) is 0 Å². The molecule has 0 spiro atoms. The summed E-state index contributed by atoms with van der Waals surface area (Å²) in [5.41, 5.74) is 3.07. The van der Waals surface area contributed by atoms with Crippen molar-refractivity contribution in [1.82, 2.24) is 9.88 Å². The average molecular weight is 374 g/mol. The van der Waals surface area contributed by atoms with Gasteiger partial charge in [0.15, 0.2) is 11.5 Å². The molecule has 4 rings (SSSR count). The summed E-state index contributed by atoms with van der Waals surface area (Å²) in [6.07, 6.45) is 2.43. The first kappa shape index (κ1) is 18.2. The first-order chi connectivity index (χ1) is 13.7. The lowest BCUT2D eigenvalue weighted by Gasteiger charge is -2.30. The molecule has 1 aromatic heterocycles. The molecule has 0 bridgehead atoms. The number of anilines is 1. The summed E-state index contributed by atoms with van der Waals surface area (Å²) in [4.78, 5) is 19.1. The van der Waals surface area contributed by atoms with Crippen LogP contribution in [0.2, 0.25) is 0 Å². The van der Waals surface area contributed by atoms with E-state index in [0.29, 0.717) is 17.9 Å². The molecule has 0 radical (unpaired) electrons. The van der Waals surface area contributed by atoms with Crippen LogP contribution in [0.15, 0.2) is 52.9 Å². The van der Waals surface area contributed by atoms with Gasteiger partial charge in [-0.1, -0.05) is 12.1 Å². The van der Waals surface area contributed by atoms with Gasteiger partial charge < -0.3 is 14.6 Å². The van der Waals surface area contributed by atoms with Gasteiger partial charge >= 0.3 is 0 Å². The number of piperidine rings is 1. The lowest BCUT2D eigenvalue weighted by Crippen LogP contribution is -2.35. The highest BCUT2D eigenvalue weighted by molar-refractivity contribution is 5.90. The second-order valence-electron chi connectivity index (χ2n) is 7.12. The summed E-state index contributed by atoms with van der Waals surface area (Å²) in [5, 5.41) is 11.7. The van der Waals surface area contributed by atoms with Crippen molar-refractivity contribution >= 4 is 22.7 Å². The number of nitrogens with zero attached hydrogens (tertiary/aromatic N) is 3. The van der Waals surface area contributed by atoms with Crippen molar-refractivity contribution in [3.8, 4) is 6.07 Å². The number of para-hydroxylation sites is 2. The minimum atomic E-state index is -0.00854. The molecule has 6 heteroatoms. The van der Waals surface area contributed by atoms with Gasteiger partial charge in [-0.05, 0) is 62.3 Å². The van der Waals surface area contributed by atoms with Crippen molar-refractivity contribution in [2.24, 2.45) is 0 Å². The lowest BCUT2D eigenvalue weighted by atomic mass is 9.96. The van der Waals surface area contributed by atoms with Gasteiger partial charge in [-0.25, -0.2) is 4.98 Å². The number of carbonyl (C=O) groups is 1. The van der Waals surface area contributed by atoms with E-state index in [4.69, 9.17) is 9.68 Å². The third kappa shape index (κ3) is 4.21. The van der Waals surface area contributed by atoms with Crippen LogP contribution < -0.4 is 5.32 Å². The quantitative estimate of drug-likeness (QED) is 0.732. The van der Waals surface area contributed by atoms with Gasteiger partial charge in [0.25, 0.3) is 0 Å². The minimum Gasteiger partial charge on any atom is -0.440 e. The Labute approximate surface area is 163 Å². The highest BCUT2D eigenvalue weighted by atomic mass is 16.3. The predicted molar refractivity (Wildman–Crippen MR) is 107 cm³/mol. The zero-order valence-corrected chi connectivity index (χ0v) is 15.6. The second-order valence-corrected chi connectivity index (χ2v) is 7.12. The molecule has 0 aliphatic carbocycles. The molecule has 0 saturated carbocycles. The van der Waals surface area contributed by atoms with Crippen LogP contribution in [-0.2, 0) is 4.79 Å². The van der Waals surface area contributed by atoms with Crippen molar-refractivity contribution in [3.05, 3.63) is 60.0 Å². The molecule has 0 atom stereocenters. The third-order valence-corrected chi connectivity index (χ3v) is 5.20. The van der Waals surface area contributed by atoms with Crippen molar-refractivity contribution in [1.29, 1.82) is 5.26 Å². The van der Waals surface area contributed by atoms with Crippen molar-refractivity contribution in [2.75, 3.05) is 25.0 Å². The highest BCUT2D eigenvalue weighted by Gasteiger charge is 2.24. The fourth-order valence-electron chi connectivity index (χ4n) is 3.58. The first-order valence-corrected chi connectivity index (χ1v) is 9.59. The number of hydrogen-bond donors (Lipinski definition) is 1. The number of carbonyl (C=O) groups excluding carboxylic acids is 1. The molecule has 1 aliphatic rings. The fourth-order valence-corrected chi connectivity index (χ4v) is 3.58. The van der Waals surface area contributed by atoms with Gasteiger partial charge in [0, 0.05) is 24.6 Å². The Morgan fingerprint density at radius 1 is 1.18 bits per heavy atom. The molecule has 142 valence electrons. The molecule has 6 nitrogen and oxygen atoms in total. The van der Waals surface area contributed by atoms with Crippen LogP contribution >= 0.6 is 0 Å². The monoisotopic (exact) mass is 374 g/mol. The van der Waals surface area contributed by atoms with Crippen LogP contribution in [0.1, 0.15) is 36.6 Å². The molecule has 1 amide bonds. The molecule has 2 heterocycles. The molecule has 2 aromatic carbocycles. The standard InChI is InChI=1S/C22H22N4O2/c23-15-16-5-7-18(8-6-16)24-21(27)11-14-26-12-9-17(10-13-26)22-25-19-3-1-2-4-20(19)28-22/h1-8,17H,9-14H2,(H,24,27). The Hall–Kier alpha value is -3.17. The Kier molecular flexibility index (Phi) is 5.36. The van der Waals surface area contributed by atoms with E-state index < -0.39 is 0 Å². The molecule has 1 aliphatic heterocycles. The number of hydrogen-bond acceptors (Lipinski definition) is 5. The maximum Gasteiger partial charge on any atom is 0.225 e. The van der Waals surface area contributed by atoms with E-state index in [0.717, 1.165) is 55.2 Å². The number of fused-ring (bicyclic) bond motifs is 1. The number of benzene rings is 2. The van der Waals surface area contributed by atoms with E-state index in [2.05, 4.69) is 21.3 Å². The zero-order valence-electron chi connectivity index (χ0n) is 15.6. The Bertz CT molecular complexity index is 962. The smallest absolute Gasteiger partial charge is 0.225 e. The van der Waals surface area contributed by atoms with Crippen LogP contribution in [0.25, 0.3) is 11.1 Å². The van der Waals surface area contributed by atoms with E-state index in [1.54, 1.807) is 24.3 Å². The normalized spacial score (nSPS) is 15.4. The minimum absolute atomic E-state index is 0.00854. The molecule has 1 fully saturated rings. The summed E-state index contributed by atoms with van der Waals surface area (Å²) in [7, 11) is 0. The largest absolute Gasteiger partial charge is 0.440 e. The fraction of sp³-hybridized carbons (Fsp3) is 0.318. The van der Waals surface area contributed by atoms with E-state index in [1.807, 2.05) is 24.3 Å². The van der Waals surface area contributed by atoms with Crippen LogP contribution in [0, 0.1) is 11.3 Å².